The Bertz CT molecular complexity index is 546. The number of benzene rings is 1. The molecule has 6 heteroatoms. The third-order valence-electron chi connectivity index (χ3n) is 2.49. The van der Waals surface area contributed by atoms with E-state index in [1.165, 1.54) is 19.5 Å². The molecule has 5 nitrogen and oxygen atoms in total. The van der Waals surface area contributed by atoms with E-state index in [9.17, 15) is 5.11 Å². The summed E-state index contributed by atoms with van der Waals surface area (Å²) in [5.41, 5.74) is 7.32. The summed E-state index contributed by atoms with van der Waals surface area (Å²) in [6.07, 6.45) is 2.09. The lowest BCUT2D eigenvalue weighted by Gasteiger charge is -2.13. The van der Waals surface area contributed by atoms with Gasteiger partial charge >= 0.3 is 6.01 Å². The number of ether oxygens (including phenoxy) is 1. The Labute approximate surface area is 109 Å². The highest BCUT2D eigenvalue weighted by Gasteiger charge is 2.14. The molecule has 1 aromatic carbocycles. The molecule has 3 N–H and O–H groups in total. The molecule has 1 unspecified atom stereocenters. The Morgan fingerprint density at radius 1 is 1.33 bits per heavy atom. The van der Waals surface area contributed by atoms with Crippen molar-refractivity contribution < 1.29 is 9.84 Å². The number of hydrogen-bond acceptors (Lipinski definition) is 5. The van der Waals surface area contributed by atoms with Crippen molar-refractivity contribution in [3.05, 3.63) is 46.7 Å². The molecule has 94 valence electrons. The maximum absolute atomic E-state index is 10.2. The van der Waals surface area contributed by atoms with Gasteiger partial charge in [0.05, 0.1) is 7.11 Å². The van der Waals surface area contributed by atoms with Crippen LogP contribution in [-0.4, -0.2) is 22.2 Å². The van der Waals surface area contributed by atoms with Gasteiger partial charge in [0.1, 0.15) is 6.10 Å². The second-order valence-corrected chi connectivity index (χ2v) is 4.12. The van der Waals surface area contributed by atoms with E-state index in [2.05, 4.69) is 9.97 Å². The number of aliphatic hydroxyl groups is 1. The van der Waals surface area contributed by atoms with Crippen molar-refractivity contribution in [2.24, 2.45) is 0 Å². The highest BCUT2D eigenvalue weighted by molar-refractivity contribution is 6.30. The van der Waals surface area contributed by atoms with Crippen LogP contribution in [0.25, 0.3) is 0 Å². The Morgan fingerprint density at radius 3 is 2.56 bits per heavy atom. The van der Waals surface area contributed by atoms with Crippen LogP contribution in [0.1, 0.15) is 17.2 Å². The van der Waals surface area contributed by atoms with Crippen LogP contribution in [0.2, 0.25) is 5.02 Å². The minimum atomic E-state index is -0.895. The molecule has 0 saturated heterocycles. The first-order chi connectivity index (χ1) is 8.61. The van der Waals surface area contributed by atoms with Crippen LogP contribution in [0.3, 0.4) is 0 Å². The predicted molar refractivity (Wildman–Crippen MR) is 68.5 cm³/mol. The summed E-state index contributed by atoms with van der Waals surface area (Å²) >= 11 is 5.80. The molecule has 0 radical (unpaired) electrons. The molecule has 18 heavy (non-hydrogen) atoms. The second-order valence-electron chi connectivity index (χ2n) is 3.68. The molecule has 0 saturated carbocycles. The van der Waals surface area contributed by atoms with Gasteiger partial charge in [-0.1, -0.05) is 17.7 Å². The van der Waals surface area contributed by atoms with E-state index in [0.717, 1.165) is 0 Å². The number of nitrogens with zero attached hydrogens (tertiary/aromatic N) is 2. The van der Waals surface area contributed by atoms with Gasteiger partial charge in [-0.15, -0.1) is 0 Å². The third kappa shape index (κ3) is 2.52. The van der Waals surface area contributed by atoms with Crippen molar-refractivity contribution in [3.63, 3.8) is 0 Å². The van der Waals surface area contributed by atoms with Crippen LogP contribution in [-0.2, 0) is 0 Å². The average molecular weight is 266 g/mol. The molecular weight excluding hydrogens is 254 g/mol. The van der Waals surface area contributed by atoms with E-state index < -0.39 is 6.10 Å². The van der Waals surface area contributed by atoms with Gasteiger partial charge in [0.25, 0.3) is 0 Å². The smallest absolute Gasteiger partial charge is 0.316 e. The molecule has 0 aliphatic rings. The van der Waals surface area contributed by atoms with Gasteiger partial charge in [0.15, 0.2) is 0 Å². The van der Waals surface area contributed by atoms with E-state index in [4.69, 9.17) is 22.1 Å². The Balaban J connectivity index is 2.31. The number of nitrogen functional groups attached to an aromatic ring is 1. The number of methoxy groups -OCH3 is 1. The second kappa shape index (κ2) is 5.20. The lowest BCUT2D eigenvalue weighted by molar-refractivity contribution is 0.219. The fourth-order valence-electron chi connectivity index (χ4n) is 1.55. The van der Waals surface area contributed by atoms with Gasteiger partial charge in [-0.3, -0.25) is 0 Å². The lowest BCUT2D eigenvalue weighted by Crippen LogP contribution is -2.05. The van der Waals surface area contributed by atoms with Gasteiger partial charge in [-0.05, 0) is 12.1 Å². The zero-order valence-electron chi connectivity index (χ0n) is 9.67. The number of nitrogens with two attached hydrogens (primary N) is 1. The lowest BCUT2D eigenvalue weighted by atomic mass is 10.0. The maximum atomic E-state index is 10.2. The molecule has 0 fully saturated rings. The zero-order chi connectivity index (χ0) is 13.1. The molecule has 1 aromatic heterocycles. The van der Waals surface area contributed by atoms with Crippen LogP contribution in [0.15, 0.2) is 30.6 Å². The SMILES string of the molecule is COc1ncc(C(O)c2ccc(Cl)cc2N)cn1. The number of aromatic nitrogens is 2. The van der Waals surface area contributed by atoms with Crippen LogP contribution < -0.4 is 10.5 Å². The van der Waals surface area contributed by atoms with Crippen molar-refractivity contribution in [1.82, 2.24) is 9.97 Å². The highest BCUT2D eigenvalue weighted by atomic mass is 35.5. The minimum absolute atomic E-state index is 0.245. The number of anilines is 1. The summed E-state index contributed by atoms with van der Waals surface area (Å²) < 4.78 is 4.85. The third-order valence-corrected chi connectivity index (χ3v) is 2.72. The number of hydrogen-bond donors (Lipinski definition) is 2. The Kier molecular flexibility index (Phi) is 3.64. The monoisotopic (exact) mass is 265 g/mol. The van der Waals surface area contributed by atoms with Gasteiger partial charge in [-0.25, -0.2) is 9.97 Å². The maximum Gasteiger partial charge on any atom is 0.316 e. The van der Waals surface area contributed by atoms with E-state index in [1.54, 1.807) is 18.2 Å². The van der Waals surface area contributed by atoms with Crippen LogP contribution in [0, 0.1) is 0 Å². The highest BCUT2D eigenvalue weighted by Crippen LogP contribution is 2.28. The first-order valence-electron chi connectivity index (χ1n) is 5.20. The molecule has 2 aromatic rings. The summed E-state index contributed by atoms with van der Waals surface area (Å²) in [5.74, 6) is 0. The summed E-state index contributed by atoms with van der Waals surface area (Å²) in [6.45, 7) is 0. The Hall–Kier alpha value is -1.85. The zero-order valence-corrected chi connectivity index (χ0v) is 10.4. The van der Waals surface area contributed by atoms with Gasteiger partial charge < -0.3 is 15.6 Å². The molecular formula is C12H12ClN3O2. The normalized spacial score (nSPS) is 12.2. The number of aliphatic hydroxyl groups excluding tert-OH is 1. The Morgan fingerprint density at radius 2 is 2.00 bits per heavy atom. The fraction of sp³-hybridized carbons (Fsp3) is 0.167. The molecule has 2 rings (SSSR count). The van der Waals surface area contributed by atoms with Gasteiger partial charge in [0.2, 0.25) is 0 Å². The van der Waals surface area contributed by atoms with E-state index >= 15 is 0 Å². The summed E-state index contributed by atoms with van der Waals surface area (Å²) in [5, 5.41) is 10.7. The largest absolute Gasteiger partial charge is 0.467 e. The first kappa shape index (κ1) is 12.6. The van der Waals surface area contributed by atoms with E-state index in [0.29, 0.717) is 21.8 Å². The number of halogens is 1. The summed E-state index contributed by atoms with van der Waals surface area (Å²) in [6, 6.07) is 5.17. The molecule has 0 spiro atoms. The molecule has 0 amide bonds. The van der Waals surface area contributed by atoms with Crippen LogP contribution in [0.5, 0.6) is 6.01 Å². The average Bonchev–Trinajstić information content (AvgIpc) is 2.38. The fourth-order valence-corrected chi connectivity index (χ4v) is 1.73. The topological polar surface area (TPSA) is 81.3 Å². The predicted octanol–water partition coefficient (Wildman–Crippen LogP) is 1.80. The molecule has 0 aliphatic heterocycles. The van der Waals surface area contributed by atoms with Crippen molar-refractivity contribution >= 4 is 17.3 Å². The molecule has 1 heterocycles. The van der Waals surface area contributed by atoms with Crippen molar-refractivity contribution in [3.8, 4) is 6.01 Å². The molecule has 0 aliphatic carbocycles. The summed E-state index contributed by atoms with van der Waals surface area (Å²) in [4.78, 5) is 7.86. The van der Waals surface area contributed by atoms with Crippen molar-refractivity contribution in [2.45, 2.75) is 6.10 Å². The van der Waals surface area contributed by atoms with Crippen molar-refractivity contribution in [2.75, 3.05) is 12.8 Å². The first-order valence-corrected chi connectivity index (χ1v) is 5.58. The molecule has 1 atom stereocenters. The van der Waals surface area contributed by atoms with Gasteiger partial charge in [0, 0.05) is 34.2 Å². The van der Waals surface area contributed by atoms with E-state index in [1.807, 2.05) is 0 Å². The quantitative estimate of drug-likeness (QED) is 0.827. The van der Waals surface area contributed by atoms with Crippen LogP contribution >= 0.6 is 11.6 Å². The van der Waals surface area contributed by atoms with Crippen LogP contribution in [0.4, 0.5) is 5.69 Å². The van der Waals surface area contributed by atoms with Gasteiger partial charge in [-0.2, -0.15) is 0 Å². The number of rotatable bonds is 3. The van der Waals surface area contributed by atoms with Crippen molar-refractivity contribution in [1.29, 1.82) is 0 Å². The van der Waals surface area contributed by atoms with E-state index in [-0.39, 0.29) is 6.01 Å². The standard InChI is InChI=1S/C12H12ClN3O2/c1-18-12-15-5-7(6-16-12)11(17)9-3-2-8(13)4-10(9)14/h2-6,11,17H,14H2,1H3. The molecule has 0 bridgehead atoms. The summed E-state index contributed by atoms with van der Waals surface area (Å²) in [7, 11) is 1.47. The minimum Gasteiger partial charge on any atom is -0.467 e.